The molecule has 8 nitrogen and oxygen atoms in total. The zero-order valence-electron chi connectivity index (χ0n) is 15.5. The lowest BCUT2D eigenvalue weighted by Gasteiger charge is -2.25. The van der Waals surface area contributed by atoms with Gasteiger partial charge in [-0.05, 0) is 42.8 Å². The Bertz CT molecular complexity index is 1100. The molecule has 1 heterocycles. The molecule has 0 saturated carbocycles. The first-order valence-electron chi connectivity index (χ1n) is 8.67. The van der Waals surface area contributed by atoms with Crippen LogP contribution in [0.1, 0.15) is 32.7 Å². The van der Waals surface area contributed by atoms with Gasteiger partial charge in [-0.2, -0.15) is 5.26 Å². The number of amides is 3. The quantitative estimate of drug-likeness (QED) is 0.720. The van der Waals surface area contributed by atoms with Gasteiger partial charge >= 0.3 is 0 Å². The Balaban J connectivity index is 1.90. The highest BCUT2D eigenvalue weighted by atomic mass is 32.2. The van der Waals surface area contributed by atoms with E-state index in [1.54, 1.807) is 12.1 Å². The second-order valence-corrected chi connectivity index (χ2v) is 8.90. The number of fused-ring (bicyclic) bond motifs is 1. The van der Waals surface area contributed by atoms with E-state index in [0.29, 0.717) is 11.3 Å². The first-order chi connectivity index (χ1) is 13.7. The van der Waals surface area contributed by atoms with E-state index in [1.165, 1.54) is 36.4 Å². The van der Waals surface area contributed by atoms with Gasteiger partial charge in [0.2, 0.25) is 5.91 Å². The molecule has 1 aliphatic heterocycles. The summed E-state index contributed by atoms with van der Waals surface area (Å²) in [5.41, 5.74) is 1.10. The maximum Gasteiger partial charge on any atom is 0.262 e. The Morgan fingerprint density at radius 1 is 1.07 bits per heavy atom. The smallest absolute Gasteiger partial charge is 0.262 e. The van der Waals surface area contributed by atoms with Gasteiger partial charge in [0.15, 0.2) is 0 Å². The first-order valence-corrected chi connectivity index (χ1v) is 10.7. The van der Waals surface area contributed by atoms with E-state index in [4.69, 9.17) is 5.26 Å². The minimum Gasteiger partial charge on any atom is -0.324 e. The molecular weight excluding hydrogens is 394 g/mol. The Labute approximate surface area is 167 Å². The summed E-state index contributed by atoms with van der Waals surface area (Å²) in [4.78, 5) is 39.2. The van der Waals surface area contributed by atoms with Gasteiger partial charge < -0.3 is 5.32 Å². The second kappa shape index (κ2) is 7.85. The fraction of sp³-hybridized carbons (Fsp3) is 0.200. The number of nitrogens with one attached hydrogen (secondary N) is 1. The molecule has 0 fully saturated rings. The van der Waals surface area contributed by atoms with Gasteiger partial charge in [0, 0.05) is 11.9 Å². The molecule has 148 valence electrons. The van der Waals surface area contributed by atoms with E-state index < -0.39 is 33.6 Å². The number of imide groups is 1. The number of carbonyl (C=O) groups excluding carboxylic acids is 3. The molecule has 3 rings (SSSR count). The van der Waals surface area contributed by atoms with E-state index >= 15 is 0 Å². The highest BCUT2D eigenvalue weighted by Gasteiger charge is 2.42. The van der Waals surface area contributed by atoms with Crippen molar-refractivity contribution in [2.75, 3.05) is 17.3 Å². The standard InChI is InChI=1S/C20H17N3O5S/c1-29(27,28)11-10-17(18(24)22-14-8-6-13(12-21)7-9-14)23-19(25)15-4-2-3-5-16(15)20(23)26/h2-9,17H,10-11H2,1H3,(H,22,24). The molecule has 9 heteroatoms. The molecule has 3 amide bonds. The number of hydrogen-bond donors (Lipinski definition) is 1. The number of carbonyl (C=O) groups is 3. The third-order valence-corrected chi connectivity index (χ3v) is 5.46. The summed E-state index contributed by atoms with van der Waals surface area (Å²) in [5, 5.41) is 11.4. The molecule has 29 heavy (non-hydrogen) atoms. The molecule has 2 aromatic carbocycles. The number of rotatable bonds is 6. The number of anilines is 1. The van der Waals surface area contributed by atoms with Crippen LogP contribution in [0.3, 0.4) is 0 Å². The molecule has 0 aliphatic carbocycles. The van der Waals surface area contributed by atoms with Crippen molar-refractivity contribution in [2.45, 2.75) is 12.5 Å². The molecule has 1 aliphatic rings. The average molecular weight is 411 g/mol. The Morgan fingerprint density at radius 3 is 2.10 bits per heavy atom. The Hall–Kier alpha value is -3.51. The minimum atomic E-state index is -3.43. The van der Waals surface area contributed by atoms with Crippen molar-refractivity contribution in [1.82, 2.24) is 4.90 Å². The number of sulfone groups is 1. The predicted molar refractivity (Wildman–Crippen MR) is 105 cm³/mol. The number of hydrogen-bond acceptors (Lipinski definition) is 6. The second-order valence-electron chi connectivity index (χ2n) is 6.64. The predicted octanol–water partition coefficient (Wildman–Crippen LogP) is 1.60. The van der Waals surface area contributed by atoms with E-state index in [-0.39, 0.29) is 23.3 Å². The molecule has 1 atom stereocenters. The summed E-state index contributed by atoms with van der Waals surface area (Å²) in [6, 6.07) is 12.9. The van der Waals surface area contributed by atoms with Crippen molar-refractivity contribution in [3.8, 4) is 6.07 Å². The van der Waals surface area contributed by atoms with Crippen LogP contribution in [-0.4, -0.2) is 49.1 Å². The van der Waals surface area contributed by atoms with Gasteiger partial charge in [-0.3, -0.25) is 19.3 Å². The van der Waals surface area contributed by atoms with Crippen molar-refractivity contribution >= 4 is 33.2 Å². The topological polar surface area (TPSA) is 124 Å². The molecular formula is C20H17N3O5S. The van der Waals surface area contributed by atoms with Gasteiger partial charge in [-0.1, -0.05) is 12.1 Å². The van der Waals surface area contributed by atoms with Gasteiger partial charge in [0.25, 0.3) is 11.8 Å². The van der Waals surface area contributed by atoms with Crippen LogP contribution in [-0.2, 0) is 14.6 Å². The Kier molecular flexibility index (Phi) is 5.48. The first kappa shape index (κ1) is 20.2. The van der Waals surface area contributed by atoms with E-state index in [1.807, 2.05) is 6.07 Å². The summed E-state index contributed by atoms with van der Waals surface area (Å²) >= 11 is 0. The van der Waals surface area contributed by atoms with Crippen LogP contribution in [0.4, 0.5) is 5.69 Å². The van der Waals surface area contributed by atoms with Crippen molar-refractivity contribution in [2.24, 2.45) is 0 Å². The zero-order chi connectivity index (χ0) is 21.2. The molecule has 0 radical (unpaired) electrons. The third-order valence-electron chi connectivity index (χ3n) is 4.48. The maximum atomic E-state index is 12.9. The molecule has 1 N–H and O–H groups in total. The highest BCUT2D eigenvalue weighted by Crippen LogP contribution is 2.26. The number of nitriles is 1. The molecule has 0 saturated heterocycles. The highest BCUT2D eigenvalue weighted by molar-refractivity contribution is 7.90. The van der Waals surface area contributed by atoms with E-state index in [9.17, 15) is 22.8 Å². The van der Waals surface area contributed by atoms with Gasteiger partial charge in [-0.15, -0.1) is 0 Å². The molecule has 0 spiro atoms. The van der Waals surface area contributed by atoms with Gasteiger partial charge in [-0.25, -0.2) is 8.42 Å². The summed E-state index contributed by atoms with van der Waals surface area (Å²) in [5.74, 6) is -2.34. The lowest BCUT2D eigenvalue weighted by atomic mass is 10.1. The average Bonchev–Trinajstić information content (AvgIpc) is 2.93. The third kappa shape index (κ3) is 4.33. The summed E-state index contributed by atoms with van der Waals surface area (Å²) in [7, 11) is -3.43. The van der Waals surface area contributed by atoms with E-state index in [0.717, 1.165) is 11.2 Å². The molecule has 0 bridgehead atoms. The molecule has 2 aromatic rings. The van der Waals surface area contributed by atoms with Crippen LogP contribution in [0.15, 0.2) is 48.5 Å². The SMILES string of the molecule is CS(=O)(=O)CCC(C(=O)Nc1ccc(C#N)cc1)N1C(=O)c2ccccc2C1=O. The summed E-state index contributed by atoms with van der Waals surface area (Å²) in [6.07, 6.45) is 0.789. The fourth-order valence-corrected chi connectivity index (χ4v) is 3.70. The normalized spacial score (nSPS) is 14.3. The Morgan fingerprint density at radius 2 is 1.62 bits per heavy atom. The minimum absolute atomic E-state index is 0.174. The fourth-order valence-electron chi connectivity index (χ4n) is 3.05. The van der Waals surface area contributed by atoms with E-state index in [2.05, 4.69) is 5.32 Å². The number of nitrogens with zero attached hydrogens (tertiary/aromatic N) is 2. The molecule has 0 aromatic heterocycles. The van der Waals surface area contributed by atoms with Crippen molar-refractivity contribution in [1.29, 1.82) is 5.26 Å². The van der Waals surface area contributed by atoms with Crippen LogP contribution in [0.5, 0.6) is 0 Å². The van der Waals surface area contributed by atoms with Crippen LogP contribution in [0, 0.1) is 11.3 Å². The van der Waals surface area contributed by atoms with Gasteiger partial charge in [0.05, 0.1) is 28.5 Å². The van der Waals surface area contributed by atoms with Crippen molar-refractivity contribution in [3.05, 3.63) is 65.2 Å². The largest absolute Gasteiger partial charge is 0.324 e. The van der Waals surface area contributed by atoms with Crippen molar-refractivity contribution < 1.29 is 22.8 Å². The van der Waals surface area contributed by atoms with Crippen LogP contribution in [0.2, 0.25) is 0 Å². The van der Waals surface area contributed by atoms with Crippen LogP contribution in [0.25, 0.3) is 0 Å². The summed E-state index contributed by atoms with van der Waals surface area (Å²) < 4.78 is 23.3. The summed E-state index contributed by atoms with van der Waals surface area (Å²) in [6.45, 7) is 0. The van der Waals surface area contributed by atoms with Crippen molar-refractivity contribution in [3.63, 3.8) is 0 Å². The lowest BCUT2D eigenvalue weighted by Crippen LogP contribution is -2.48. The maximum absolute atomic E-state index is 12.9. The number of benzene rings is 2. The lowest BCUT2D eigenvalue weighted by molar-refractivity contribution is -0.120. The monoisotopic (exact) mass is 411 g/mol. The molecule has 1 unspecified atom stereocenters. The van der Waals surface area contributed by atoms with Crippen LogP contribution < -0.4 is 5.32 Å². The van der Waals surface area contributed by atoms with Crippen LogP contribution >= 0.6 is 0 Å². The zero-order valence-corrected chi connectivity index (χ0v) is 16.3. The van der Waals surface area contributed by atoms with Gasteiger partial charge in [0.1, 0.15) is 15.9 Å².